The van der Waals surface area contributed by atoms with Crippen molar-refractivity contribution in [2.75, 3.05) is 31.1 Å². The van der Waals surface area contributed by atoms with E-state index in [4.69, 9.17) is 10.5 Å². The topological polar surface area (TPSA) is 58.7 Å². The molecule has 1 aliphatic rings. The number of rotatable bonds is 5. The number of nitrogens with two attached hydrogens (primary N) is 1. The van der Waals surface area contributed by atoms with Gasteiger partial charge in [0.05, 0.1) is 18.3 Å². The van der Waals surface area contributed by atoms with Crippen molar-refractivity contribution in [3.63, 3.8) is 0 Å². The van der Waals surface area contributed by atoms with Crippen molar-refractivity contribution in [2.24, 2.45) is 11.7 Å². The van der Waals surface area contributed by atoms with Crippen molar-refractivity contribution < 1.29 is 9.84 Å². The van der Waals surface area contributed by atoms with Crippen molar-refractivity contribution in [1.29, 1.82) is 0 Å². The van der Waals surface area contributed by atoms with Crippen LogP contribution < -0.4 is 15.4 Å². The number of hydrogen-bond acceptors (Lipinski definition) is 4. The average Bonchev–Trinajstić information content (AvgIpc) is 2.38. The number of nitrogens with zero attached hydrogens (tertiary/aromatic N) is 1. The highest BCUT2D eigenvalue weighted by Gasteiger charge is 2.20. The lowest BCUT2D eigenvalue weighted by Crippen LogP contribution is -2.35. The predicted octanol–water partition coefficient (Wildman–Crippen LogP) is 1.92. The van der Waals surface area contributed by atoms with E-state index in [1.165, 1.54) is 0 Å². The zero-order valence-corrected chi connectivity index (χ0v) is 11.8. The van der Waals surface area contributed by atoms with E-state index in [9.17, 15) is 5.11 Å². The summed E-state index contributed by atoms with van der Waals surface area (Å²) >= 11 is 0. The number of ether oxygens (including phenoxy) is 1. The largest absolute Gasteiger partial charge is 0.490 e. The number of aliphatic hydroxyl groups is 1. The third kappa shape index (κ3) is 3.39. The molecule has 0 amide bonds. The molecule has 1 aromatic carbocycles. The van der Waals surface area contributed by atoms with E-state index in [2.05, 4.69) is 18.7 Å². The van der Waals surface area contributed by atoms with Gasteiger partial charge in [-0.2, -0.15) is 0 Å². The Kier molecular flexibility index (Phi) is 4.66. The minimum Gasteiger partial charge on any atom is -0.490 e. The summed E-state index contributed by atoms with van der Waals surface area (Å²) in [5.41, 5.74) is 7.51. The molecule has 0 bridgehead atoms. The second kappa shape index (κ2) is 6.26. The molecule has 1 atom stereocenters. The second-order valence-electron chi connectivity index (χ2n) is 5.51. The highest BCUT2D eigenvalue weighted by atomic mass is 16.5. The molecule has 2 rings (SSSR count). The van der Waals surface area contributed by atoms with Crippen molar-refractivity contribution in [1.82, 2.24) is 0 Å². The number of hydrogen-bond donors (Lipinski definition) is 2. The van der Waals surface area contributed by atoms with Crippen LogP contribution in [-0.4, -0.2) is 31.3 Å². The molecule has 3 N–H and O–H groups in total. The van der Waals surface area contributed by atoms with E-state index in [0.717, 1.165) is 36.7 Å². The minimum atomic E-state index is -0.488. The summed E-state index contributed by atoms with van der Waals surface area (Å²) in [4.78, 5) is 2.34. The van der Waals surface area contributed by atoms with Crippen LogP contribution in [0, 0.1) is 5.92 Å². The van der Waals surface area contributed by atoms with Crippen molar-refractivity contribution >= 4 is 5.69 Å². The van der Waals surface area contributed by atoms with Crippen LogP contribution in [0.3, 0.4) is 0 Å². The first kappa shape index (κ1) is 14.2. The Morgan fingerprint density at radius 2 is 2.21 bits per heavy atom. The summed E-state index contributed by atoms with van der Waals surface area (Å²) in [5, 5.41) is 10.1. The summed E-state index contributed by atoms with van der Waals surface area (Å²) in [6.45, 7) is 7.55. The fourth-order valence-electron chi connectivity index (χ4n) is 2.45. The summed E-state index contributed by atoms with van der Waals surface area (Å²) in [5.74, 6) is 1.51. The van der Waals surface area contributed by atoms with Crippen LogP contribution in [0.15, 0.2) is 18.2 Å². The van der Waals surface area contributed by atoms with Gasteiger partial charge in [-0.05, 0) is 36.6 Å². The van der Waals surface area contributed by atoms with Crippen LogP contribution in [0.2, 0.25) is 0 Å². The van der Waals surface area contributed by atoms with E-state index < -0.39 is 6.10 Å². The van der Waals surface area contributed by atoms with Gasteiger partial charge in [0.2, 0.25) is 0 Å². The van der Waals surface area contributed by atoms with Gasteiger partial charge in [0.25, 0.3) is 0 Å². The molecule has 0 aromatic heterocycles. The van der Waals surface area contributed by atoms with Gasteiger partial charge in [-0.15, -0.1) is 0 Å². The van der Waals surface area contributed by atoms with Gasteiger partial charge >= 0.3 is 0 Å². The Bertz CT molecular complexity index is 421. The van der Waals surface area contributed by atoms with E-state index in [1.54, 1.807) is 0 Å². The summed E-state index contributed by atoms with van der Waals surface area (Å²) in [6.07, 6.45) is 0.0993. The maximum absolute atomic E-state index is 10.1. The van der Waals surface area contributed by atoms with Gasteiger partial charge in [-0.25, -0.2) is 0 Å². The maximum Gasteiger partial charge on any atom is 0.142 e. The normalized spacial score (nSPS) is 16.2. The first-order valence-electron chi connectivity index (χ1n) is 7.01. The van der Waals surface area contributed by atoms with Gasteiger partial charge in [-0.1, -0.05) is 19.9 Å². The standard InChI is InChI=1S/C15H24N2O2/c1-11(2)10-17-7-8-19-15-4-3-12(9-13(15)17)14(18)5-6-16/h3-4,9,11,14,18H,5-8,10,16H2,1-2H3. The van der Waals surface area contributed by atoms with Gasteiger partial charge in [0, 0.05) is 6.54 Å². The molecule has 0 fully saturated rings. The van der Waals surface area contributed by atoms with Gasteiger partial charge < -0.3 is 20.5 Å². The lowest BCUT2D eigenvalue weighted by molar-refractivity contribution is 0.170. The van der Waals surface area contributed by atoms with Crippen LogP contribution >= 0.6 is 0 Å². The molecule has 1 aromatic rings. The maximum atomic E-state index is 10.1. The molecule has 0 spiro atoms. The SMILES string of the molecule is CC(C)CN1CCOc2ccc(C(O)CCN)cc21. The molecule has 19 heavy (non-hydrogen) atoms. The Hall–Kier alpha value is -1.26. The zero-order chi connectivity index (χ0) is 13.8. The molecule has 0 radical (unpaired) electrons. The van der Waals surface area contributed by atoms with E-state index >= 15 is 0 Å². The van der Waals surface area contributed by atoms with E-state index in [-0.39, 0.29) is 0 Å². The van der Waals surface area contributed by atoms with Crippen LogP contribution in [0.4, 0.5) is 5.69 Å². The Morgan fingerprint density at radius 3 is 2.89 bits per heavy atom. The fraction of sp³-hybridized carbons (Fsp3) is 0.600. The van der Waals surface area contributed by atoms with Crippen molar-refractivity contribution in [3.8, 4) is 5.75 Å². The molecule has 0 saturated heterocycles. The fourth-order valence-corrected chi connectivity index (χ4v) is 2.45. The number of anilines is 1. The minimum absolute atomic E-state index is 0.488. The van der Waals surface area contributed by atoms with Crippen LogP contribution in [0.25, 0.3) is 0 Å². The number of aliphatic hydroxyl groups excluding tert-OH is 1. The molecular weight excluding hydrogens is 240 g/mol. The lowest BCUT2D eigenvalue weighted by atomic mass is 10.0. The van der Waals surface area contributed by atoms with Gasteiger partial charge in [0.15, 0.2) is 0 Å². The van der Waals surface area contributed by atoms with Crippen molar-refractivity contribution in [2.45, 2.75) is 26.4 Å². The summed E-state index contributed by atoms with van der Waals surface area (Å²) in [6, 6.07) is 5.92. The third-order valence-corrected chi connectivity index (χ3v) is 3.35. The smallest absolute Gasteiger partial charge is 0.142 e. The van der Waals surface area contributed by atoms with E-state index in [0.29, 0.717) is 18.9 Å². The molecule has 1 unspecified atom stereocenters. The van der Waals surface area contributed by atoms with Crippen LogP contribution in [0.1, 0.15) is 31.9 Å². The molecule has 1 aliphatic heterocycles. The van der Waals surface area contributed by atoms with Crippen LogP contribution in [0.5, 0.6) is 5.75 Å². The Balaban J connectivity index is 2.24. The number of fused-ring (bicyclic) bond motifs is 1. The summed E-state index contributed by atoms with van der Waals surface area (Å²) in [7, 11) is 0. The van der Waals surface area contributed by atoms with Crippen molar-refractivity contribution in [3.05, 3.63) is 23.8 Å². The highest BCUT2D eigenvalue weighted by Crippen LogP contribution is 2.34. The quantitative estimate of drug-likeness (QED) is 0.853. The van der Waals surface area contributed by atoms with Gasteiger partial charge in [-0.3, -0.25) is 0 Å². The lowest BCUT2D eigenvalue weighted by Gasteiger charge is -2.33. The molecule has 106 valence electrons. The van der Waals surface area contributed by atoms with Gasteiger partial charge in [0.1, 0.15) is 12.4 Å². The molecule has 4 nitrogen and oxygen atoms in total. The monoisotopic (exact) mass is 264 g/mol. The molecule has 0 aliphatic carbocycles. The highest BCUT2D eigenvalue weighted by molar-refractivity contribution is 5.61. The number of benzene rings is 1. The average molecular weight is 264 g/mol. The predicted molar refractivity (Wildman–Crippen MR) is 77.6 cm³/mol. The van der Waals surface area contributed by atoms with Crippen LogP contribution in [-0.2, 0) is 0 Å². The second-order valence-corrected chi connectivity index (χ2v) is 5.51. The Labute approximate surface area is 115 Å². The first-order chi connectivity index (χ1) is 9.11. The molecule has 0 saturated carbocycles. The third-order valence-electron chi connectivity index (χ3n) is 3.35. The first-order valence-corrected chi connectivity index (χ1v) is 7.01. The summed E-state index contributed by atoms with van der Waals surface area (Å²) < 4.78 is 5.68. The Morgan fingerprint density at radius 1 is 1.42 bits per heavy atom. The molecule has 4 heteroatoms. The zero-order valence-electron chi connectivity index (χ0n) is 11.8. The molecule has 1 heterocycles. The van der Waals surface area contributed by atoms with E-state index in [1.807, 2.05) is 18.2 Å². The molecular formula is C15H24N2O2.